The third kappa shape index (κ3) is 182. The van der Waals surface area contributed by atoms with Gasteiger partial charge in [0.25, 0.3) is 0 Å². The first-order valence-electron chi connectivity index (χ1n) is 2.31. The second-order valence-corrected chi connectivity index (χ2v) is 1.15. The van der Waals surface area contributed by atoms with Crippen molar-refractivity contribution >= 4 is 23.1 Å². The van der Waals surface area contributed by atoms with Gasteiger partial charge in [-0.2, -0.15) is 27.7 Å². The summed E-state index contributed by atoms with van der Waals surface area (Å²) >= 11 is 0. The quantitative estimate of drug-likeness (QED) is 0.342. The van der Waals surface area contributed by atoms with Gasteiger partial charge >= 0.3 is 23.1 Å². The fraction of sp³-hybridized carbons (Fsp3) is 0.667. The first-order chi connectivity index (χ1) is 2.83. The molecule has 0 unspecified atom stereocenters. The third-order valence-corrected chi connectivity index (χ3v) is 0. The third-order valence-electron chi connectivity index (χ3n) is 0. The molecule has 0 aromatic heterocycles. The van der Waals surface area contributed by atoms with E-state index in [-0.39, 0.29) is 40.0 Å². The number of rotatable bonds is 0. The zero-order valence-electron chi connectivity index (χ0n) is 6.24. The van der Waals surface area contributed by atoms with Crippen molar-refractivity contribution in [2.75, 3.05) is 0 Å². The molecular weight excluding hydrogens is 176 g/mol. The summed E-state index contributed by atoms with van der Waals surface area (Å²) in [5, 5.41) is 0. The van der Waals surface area contributed by atoms with Crippen LogP contribution in [0.15, 0.2) is 0 Å². The number of hydrogen-bond acceptors (Lipinski definition) is 0. The molecule has 0 aliphatic rings. The van der Waals surface area contributed by atoms with Gasteiger partial charge in [0.1, 0.15) is 0 Å². The molecule has 0 N–H and O–H groups in total. The summed E-state index contributed by atoms with van der Waals surface area (Å²) in [5.41, 5.74) is 0. The predicted octanol–water partition coefficient (Wildman–Crippen LogP) is -0.916. The molecule has 0 bridgehead atoms. The molecule has 0 spiro atoms. The van der Waals surface area contributed by atoms with Gasteiger partial charge in [0, 0.05) is 0 Å². The van der Waals surface area contributed by atoms with Crippen molar-refractivity contribution in [1.82, 2.24) is 0 Å². The smallest absolute Gasteiger partial charge is 1.00 e. The van der Waals surface area contributed by atoms with E-state index in [0.29, 0.717) is 0 Å². The van der Waals surface area contributed by atoms with E-state index in [9.17, 15) is 0 Å². The molecule has 0 aromatic carbocycles. The summed E-state index contributed by atoms with van der Waals surface area (Å²) in [5.74, 6) is 0. The van der Waals surface area contributed by atoms with Crippen molar-refractivity contribution in [3.05, 3.63) is 12.8 Å². The maximum atomic E-state index is 2.00. The minimum absolute atomic E-state index is 0. The summed E-state index contributed by atoms with van der Waals surface area (Å²) in [6.45, 7) is 8.00. The summed E-state index contributed by atoms with van der Waals surface area (Å²) in [4.78, 5) is 0. The Bertz CT molecular complexity index is 10.5. The largest absolute Gasteiger partial charge is 2.00 e. The van der Waals surface area contributed by atoms with Crippen LogP contribution in [0, 0.1) is 12.8 Å². The minimum Gasteiger partial charge on any atom is -1.00 e. The molecule has 0 aliphatic heterocycles. The van der Waals surface area contributed by atoms with Gasteiger partial charge in [0.05, 0.1) is 0 Å². The molecule has 0 aromatic rings. The summed E-state index contributed by atoms with van der Waals surface area (Å²) in [6.07, 6.45) is 4.00. The molecule has 0 atom stereocenters. The Morgan fingerprint density at radius 3 is 0.750 bits per heavy atom. The van der Waals surface area contributed by atoms with Gasteiger partial charge in [-0.05, 0) is 0 Å². The summed E-state index contributed by atoms with van der Waals surface area (Å²) in [7, 11) is 0. The van der Waals surface area contributed by atoms with E-state index in [4.69, 9.17) is 0 Å². The van der Waals surface area contributed by atoms with Crippen LogP contribution in [0.5, 0.6) is 0 Å². The topological polar surface area (TPSA) is 0 Å². The molecule has 8 heavy (non-hydrogen) atoms. The van der Waals surface area contributed by atoms with Crippen molar-refractivity contribution in [1.29, 1.82) is 0 Å². The van der Waals surface area contributed by atoms with E-state index < -0.39 is 0 Å². The second kappa shape index (κ2) is 41.1. The fourth-order valence-electron chi connectivity index (χ4n) is 0. The van der Waals surface area contributed by atoms with Gasteiger partial charge in [0.2, 0.25) is 0 Å². The van der Waals surface area contributed by atoms with Crippen molar-refractivity contribution in [3.8, 4) is 0 Å². The summed E-state index contributed by atoms with van der Waals surface area (Å²) < 4.78 is 0. The van der Waals surface area contributed by atoms with Crippen LogP contribution in [0.2, 0.25) is 0 Å². The zero-order chi connectivity index (χ0) is 5.41. The Morgan fingerprint density at radius 2 is 0.750 bits per heavy atom. The van der Waals surface area contributed by atoms with Gasteiger partial charge in [0.15, 0.2) is 0 Å². The Morgan fingerprint density at radius 1 is 0.750 bits per heavy atom. The standard InChI is InChI=1S/2C3H7.BrH.Mg/c2*1-3-2;;/h2*3H,1-2H3;1H;/q2*-1;;+2/p-1. The van der Waals surface area contributed by atoms with Crippen molar-refractivity contribution < 1.29 is 17.0 Å². The van der Waals surface area contributed by atoms with Gasteiger partial charge in [-0.1, -0.05) is 0 Å². The Kier molecular flexibility index (Phi) is 117. The van der Waals surface area contributed by atoms with E-state index in [1.807, 2.05) is 40.5 Å². The van der Waals surface area contributed by atoms with E-state index in [1.165, 1.54) is 0 Å². The molecule has 0 saturated heterocycles. The number of halogens is 1. The predicted molar refractivity (Wildman–Crippen MR) is 37.0 cm³/mol. The van der Waals surface area contributed by atoms with Crippen LogP contribution in [0.25, 0.3) is 0 Å². The van der Waals surface area contributed by atoms with Crippen LogP contribution in [0.3, 0.4) is 0 Å². The molecular formula is C6H14BrMg-. The van der Waals surface area contributed by atoms with Crippen LogP contribution in [0.1, 0.15) is 27.7 Å². The van der Waals surface area contributed by atoms with E-state index in [0.717, 1.165) is 0 Å². The Balaban J connectivity index is -0.0000000160. The zero-order valence-corrected chi connectivity index (χ0v) is 9.24. The molecule has 0 aliphatic carbocycles. The van der Waals surface area contributed by atoms with Crippen molar-refractivity contribution in [2.24, 2.45) is 0 Å². The molecule has 0 saturated carbocycles. The summed E-state index contributed by atoms with van der Waals surface area (Å²) in [6, 6.07) is 0. The van der Waals surface area contributed by atoms with E-state index >= 15 is 0 Å². The molecule has 2 heteroatoms. The van der Waals surface area contributed by atoms with Crippen LogP contribution < -0.4 is 17.0 Å². The van der Waals surface area contributed by atoms with E-state index in [1.54, 1.807) is 0 Å². The SMILES string of the molecule is C[CH-]C.C[CH-]C.[Br-].[Mg+2]. The average molecular weight is 190 g/mol. The van der Waals surface area contributed by atoms with Gasteiger partial charge < -0.3 is 29.8 Å². The first kappa shape index (κ1) is 22.8. The van der Waals surface area contributed by atoms with Crippen LogP contribution in [-0.4, -0.2) is 23.1 Å². The molecule has 0 fully saturated rings. The normalized spacial score (nSPS) is 4.50. The van der Waals surface area contributed by atoms with Crippen LogP contribution in [0.4, 0.5) is 0 Å². The molecule has 48 valence electrons. The maximum absolute atomic E-state index is 2.00. The van der Waals surface area contributed by atoms with Gasteiger partial charge in [-0.3, -0.25) is 0 Å². The molecule has 0 rings (SSSR count). The van der Waals surface area contributed by atoms with Crippen LogP contribution in [-0.2, 0) is 0 Å². The van der Waals surface area contributed by atoms with Crippen molar-refractivity contribution in [2.45, 2.75) is 27.7 Å². The first-order valence-corrected chi connectivity index (χ1v) is 2.31. The minimum atomic E-state index is 0. The average Bonchev–Trinajstić information content (AvgIpc) is 1.39. The molecule has 0 heterocycles. The Labute approximate surface area is 80.4 Å². The Hall–Kier alpha value is 1.25. The second-order valence-electron chi connectivity index (χ2n) is 1.15. The van der Waals surface area contributed by atoms with Crippen LogP contribution >= 0.6 is 0 Å². The molecule has 0 nitrogen and oxygen atoms in total. The van der Waals surface area contributed by atoms with Crippen molar-refractivity contribution in [3.63, 3.8) is 0 Å². The van der Waals surface area contributed by atoms with Gasteiger partial charge in [-0.25, -0.2) is 0 Å². The monoisotopic (exact) mass is 189 g/mol. The van der Waals surface area contributed by atoms with Gasteiger partial charge in [-0.15, -0.1) is 0 Å². The number of hydrogen-bond donors (Lipinski definition) is 0. The molecule has 0 radical (unpaired) electrons. The van der Waals surface area contributed by atoms with E-state index in [2.05, 4.69) is 0 Å². The molecule has 0 amide bonds. The maximum Gasteiger partial charge on any atom is 2.00 e. The fourth-order valence-corrected chi connectivity index (χ4v) is 0.